The quantitative estimate of drug-likeness (QED) is 0.926. The van der Waals surface area contributed by atoms with Gasteiger partial charge in [-0.15, -0.1) is 0 Å². The number of rotatable bonds is 3. The molecule has 2 aliphatic rings. The van der Waals surface area contributed by atoms with Crippen molar-refractivity contribution in [1.82, 2.24) is 15.2 Å². The molecule has 1 aromatic heterocycles. The Kier molecular flexibility index (Phi) is 4.21. The van der Waals surface area contributed by atoms with Crippen LogP contribution < -0.4 is 10.1 Å². The summed E-state index contributed by atoms with van der Waals surface area (Å²) < 4.78 is 5.28. The zero-order chi connectivity index (χ0) is 18.1. The number of carbonyl (C=O) groups excluding carboxylic acids is 1. The summed E-state index contributed by atoms with van der Waals surface area (Å²) >= 11 is 0. The third kappa shape index (κ3) is 2.96. The lowest BCUT2D eigenvalue weighted by Crippen LogP contribution is -2.39. The topological polar surface area (TPSA) is 54.5 Å². The summed E-state index contributed by atoms with van der Waals surface area (Å²) in [4.78, 5) is 18.0. The Morgan fingerprint density at radius 3 is 2.77 bits per heavy atom. The Hall–Kier alpha value is -3.08. The summed E-state index contributed by atoms with van der Waals surface area (Å²) in [6.07, 6.45) is 5.32. The van der Waals surface area contributed by atoms with E-state index in [9.17, 15) is 4.79 Å². The van der Waals surface area contributed by atoms with Crippen LogP contribution in [0.1, 0.15) is 18.4 Å². The molecule has 5 nitrogen and oxygen atoms in total. The summed E-state index contributed by atoms with van der Waals surface area (Å²) in [6, 6.07) is 12.3. The summed E-state index contributed by atoms with van der Waals surface area (Å²) in [5, 5.41) is 3.00. The number of aromatic nitrogens is 1. The van der Waals surface area contributed by atoms with Crippen molar-refractivity contribution in [3.05, 3.63) is 65.6 Å². The van der Waals surface area contributed by atoms with Crippen LogP contribution in [0.25, 0.3) is 16.7 Å². The highest BCUT2D eigenvalue weighted by Gasteiger charge is 2.25. The van der Waals surface area contributed by atoms with Crippen molar-refractivity contribution < 1.29 is 9.53 Å². The molecular formula is C21H21N3O2. The number of methoxy groups -OCH3 is 1. The van der Waals surface area contributed by atoms with E-state index in [1.807, 2.05) is 25.2 Å². The molecule has 0 atom stereocenters. The van der Waals surface area contributed by atoms with E-state index in [1.165, 1.54) is 16.7 Å². The molecule has 4 rings (SSSR count). The average molecular weight is 347 g/mol. The van der Waals surface area contributed by atoms with Gasteiger partial charge in [0.1, 0.15) is 5.82 Å². The van der Waals surface area contributed by atoms with Crippen LogP contribution in [-0.2, 0) is 4.79 Å². The fraction of sp³-hybridized carbons (Fsp3) is 0.238. The third-order valence-electron chi connectivity index (χ3n) is 4.85. The molecule has 3 heterocycles. The third-order valence-corrected chi connectivity index (χ3v) is 4.85. The maximum absolute atomic E-state index is 11.7. The molecule has 1 aromatic carbocycles. The Balaban J connectivity index is 1.79. The zero-order valence-electron chi connectivity index (χ0n) is 15.0. The van der Waals surface area contributed by atoms with Gasteiger partial charge >= 0.3 is 0 Å². The number of likely N-dealkylation sites (N-methyl/N-ethyl adjacent to an activating group) is 1. The Morgan fingerprint density at radius 2 is 1.96 bits per heavy atom. The van der Waals surface area contributed by atoms with Gasteiger partial charge in [0.25, 0.3) is 0 Å². The molecule has 2 aromatic rings. The minimum atomic E-state index is 0.0942. The minimum Gasteiger partial charge on any atom is -0.481 e. The number of hydrogen-bond donors (Lipinski definition) is 1. The molecular weight excluding hydrogens is 326 g/mol. The predicted octanol–water partition coefficient (Wildman–Crippen LogP) is 3.21. The highest BCUT2D eigenvalue weighted by atomic mass is 16.5. The predicted molar refractivity (Wildman–Crippen MR) is 101 cm³/mol. The fourth-order valence-corrected chi connectivity index (χ4v) is 3.58. The Bertz CT molecular complexity index is 930. The number of hydrogen-bond acceptors (Lipinski definition) is 4. The number of carbonyl (C=O) groups is 1. The molecule has 0 radical (unpaired) electrons. The molecule has 0 saturated carbocycles. The van der Waals surface area contributed by atoms with Crippen LogP contribution in [0.2, 0.25) is 0 Å². The first-order valence-corrected chi connectivity index (χ1v) is 8.70. The maximum atomic E-state index is 11.7. The number of benzene rings is 1. The second-order valence-electron chi connectivity index (χ2n) is 6.58. The molecule has 0 unspecified atom stereocenters. The molecule has 2 aliphatic heterocycles. The van der Waals surface area contributed by atoms with E-state index in [0.717, 1.165) is 29.9 Å². The first-order valence-electron chi connectivity index (χ1n) is 8.70. The first kappa shape index (κ1) is 16.4. The lowest BCUT2D eigenvalue weighted by Gasteiger charge is -2.33. The lowest BCUT2D eigenvalue weighted by molar-refractivity contribution is -0.121. The van der Waals surface area contributed by atoms with Gasteiger partial charge in [0, 0.05) is 32.3 Å². The summed E-state index contributed by atoms with van der Waals surface area (Å²) in [5.41, 5.74) is 5.85. The van der Waals surface area contributed by atoms with Gasteiger partial charge in [0.2, 0.25) is 11.8 Å². The Morgan fingerprint density at radius 1 is 1.15 bits per heavy atom. The van der Waals surface area contributed by atoms with Gasteiger partial charge in [-0.05, 0) is 46.4 Å². The number of nitrogens with zero attached hydrogens (tertiary/aromatic N) is 2. The standard InChI is InChI=1S/C21H21N3O2/c1-24-13-16(11-15-7-8-19(25)23-21(15)24)18-6-4-3-5-17(18)14-9-10-22-20(12-14)26-2/h3-6,9-12H,7-8,13H2,1-2H3,(H,23,25). The summed E-state index contributed by atoms with van der Waals surface area (Å²) in [6.45, 7) is 0.748. The van der Waals surface area contributed by atoms with Crippen LogP contribution in [0.5, 0.6) is 5.88 Å². The molecule has 132 valence electrons. The maximum Gasteiger partial charge on any atom is 0.225 e. The SMILES string of the molecule is COc1cc(-c2ccccc2C2=CC3=C(NC(=O)CC3)N(C)C2)ccn1. The van der Waals surface area contributed by atoms with Crippen molar-refractivity contribution in [2.75, 3.05) is 20.7 Å². The fourth-order valence-electron chi connectivity index (χ4n) is 3.58. The van der Waals surface area contributed by atoms with Gasteiger partial charge < -0.3 is 15.0 Å². The second-order valence-corrected chi connectivity index (χ2v) is 6.58. The molecule has 1 N–H and O–H groups in total. The van der Waals surface area contributed by atoms with Gasteiger partial charge in [-0.2, -0.15) is 0 Å². The molecule has 5 heteroatoms. The normalized spacial score (nSPS) is 16.8. The van der Waals surface area contributed by atoms with Gasteiger partial charge in [0.15, 0.2) is 0 Å². The monoisotopic (exact) mass is 347 g/mol. The molecule has 0 bridgehead atoms. The van der Waals surface area contributed by atoms with Crippen LogP contribution in [0.4, 0.5) is 0 Å². The van der Waals surface area contributed by atoms with E-state index >= 15 is 0 Å². The number of nitrogens with one attached hydrogen (secondary N) is 1. The smallest absolute Gasteiger partial charge is 0.225 e. The number of pyridine rings is 1. The van der Waals surface area contributed by atoms with Crippen LogP contribution in [-0.4, -0.2) is 36.5 Å². The van der Waals surface area contributed by atoms with E-state index in [-0.39, 0.29) is 5.91 Å². The molecule has 0 fully saturated rings. The van der Waals surface area contributed by atoms with Crippen LogP contribution in [0, 0.1) is 0 Å². The summed E-state index contributed by atoms with van der Waals surface area (Å²) in [7, 11) is 3.65. The zero-order valence-corrected chi connectivity index (χ0v) is 15.0. The highest BCUT2D eigenvalue weighted by Crippen LogP contribution is 2.35. The van der Waals surface area contributed by atoms with Gasteiger partial charge in [0.05, 0.1) is 7.11 Å². The molecule has 0 spiro atoms. The number of ether oxygens (including phenoxy) is 1. The van der Waals surface area contributed by atoms with Crippen molar-refractivity contribution in [2.45, 2.75) is 12.8 Å². The second kappa shape index (κ2) is 6.67. The molecule has 0 aliphatic carbocycles. The highest BCUT2D eigenvalue weighted by molar-refractivity contribution is 5.86. The molecule has 1 amide bonds. The van der Waals surface area contributed by atoms with E-state index in [4.69, 9.17) is 4.74 Å². The van der Waals surface area contributed by atoms with E-state index < -0.39 is 0 Å². The van der Waals surface area contributed by atoms with Gasteiger partial charge in [-0.3, -0.25) is 4.79 Å². The first-order chi connectivity index (χ1) is 12.7. The van der Waals surface area contributed by atoms with Crippen LogP contribution in [0.3, 0.4) is 0 Å². The van der Waals surface area contributed by atoms with Crippen molar-refractivity contribution in [3.63, 3.8) is 0 Å². The van der Waals surface area contributed by atoms with Crippen molar-refractivity contribution >= 4 is 11.5 Å². The van der Waals surface area contributed by atoms with Crippen LogP contribution in [0.15, 0.2) is 60.1 Å². The van der Waals surface area contributed by atoms with Gasteiger partial charge in [-0.25, -0.2) is 4.98 Å². The lowest BCUT2D eigenvalue weighted by atomic mass is 9.90. The van der Waals surface area contributed by atoms with Crippen molar-refractivity contribution in [2.24, 2.45) is 0 Å². The van der Waals surface area contributed by atoms with E-state index in [1.54, 1.807) is 13.3 Å². The number of amides is 1. The van der Waals surface area contributed by atoms with Crippen LogP contribution >= 0.6 is 0 Å². The van der Waals surface area contributed by atoms with Gasteiger partial charge in [-0.1, -0.05) is 24.3 Å². The Labute approximate surface area is 153 Å². The van der Waals surface area contributed by atoms with Crippen molar-refractivity contribution in [3.8, 4) is 17.0 Å². The molecule has 26 heavy (non-hydrogen) atoms. The molecule has 0 saturated heterocycles. The summed E-state index contributed by atoms with van der Waals surface area (Å²) in [5.74, 6) is 1.64. The number of allylic oxidation sites excluding steroid dienone is 2. The van der Waals surface area contributed by atoms with Crippen molar-refractivity contribution in [1.29, 1.82) is 0 Å². The minimum absolute atomic E-state index is 0.0942. The van der Waals surface area contributed by atoms with E-state index in [2.05, 4.69) is 39.5 Å². The largest absolute Gasteiger partial charge is 0.481 e. The van der Waals surface area contributed by atoms with E-state index in [0.29, 0.717) is 12.3 Å². The average Bonchev–Trinajstić information content (AvgIpc) is 2.68.